The summed E-state index contributed by atoms with van der Waals surface area (Å²) in [7, 11) is 1.11. The summed E-state index contributed by atoms with van der Waals surface area (Å²) in [6.07, 6.45) is 0. The molecule has 2 N–H and O–H groups in total. The van der Waals surface area contributed by atoms with Gasteiger partial charge in [0.05, 0.1) is 0 Å². The number of nitrogens with one attached hydrogen (secondary N) is 2. The first-order valence-electron chi connectivity index (χ1n) is 4.77. The molecule has 0 spiro atoms. The first kappa shape index (κ1) is 11.6. The number of amidine groups is 1. The van der Waals surface area contributed by atoms with E-state index in [1.165, 1.54) is 0 Å². The summed E-state index contributed by atoms with van der Waals surface area (Å²) in [5.74, 6) is 1.13. The molecule has 0 aliphatic heterocycles. The molecule has 4 heteroatoms. The van der Waals surface area contributed by atoms with E-state index >= 15 is 0 Å². The molecular weight excluding hydrogens is 166 g/mol. The van der Waals surface area contributed by atoms with E-state index in [4.69, 9.17) is 0 Å². The van der Waals surface area contributed by atoms with Crippen LogP contribution in [0.2, 0.25) is 0 Å². The van der Waals surface area contributed by atoms with Crippen molar-refractivity contribution in [2.75, 3.05) is 19.6 Å². The number of likely N-dealkylation sites (N-methyl/N-ethyl adjacent to an activating group) is 2. The van der Waals surface area contributed by atoms with Crippen LogP contribution in [0.15, 0.2) is 4.99 Å². The highest BCUT2D eigenvalue weighted by Gasteiger charge is 2.05. The maximum atomic E-state index is 4.41. The molecule has 3 nitrogen and oxygen atoms in total. The molecular formula is C8H21N3Si. The smallest absolute Gasteiger partial charge is 0.109 e. The Balaban J connectivity index is 3.99. The van der Waals surface area contributed by atoms with Crippen molar-refractivity contribution in [3.8, 4) is 0 Å². The monoisotopic (exact) mass is 187 g/mol. The summed E-state index contributed by atoms with van der Waals surface area (Å²) < 4.78 is 0. The van der Waals surface area contributed by atoms with Crippen LogP contribution in [0.25, 0.3) is 0 Å². The van der Waals surface area contributed by atoms with Gasteiger partial charge in [-0.25, -0.2) is 0 Å². The Morgan fingerprint density at radius 2 is 2.00 bits per heavy atom. The van der Waals surface area contributed by atoms with E-state index in [2.05, 4.69) is 36.4 Å². The highest BCUT2D eigenvalue weighted by molar-refractivity contribution is 6.25. The van der Waals surface area contributed by atoms with E-state index in [0.717, 1.165) is 35.7 Å². The third kappa shape index (κ3) is 4.51. The number of rotatable bonds is 5. The van der Waals surface area contributed by atoms with Gasteiger partial charge >= 0.3 is 0 Å². The van der Waals surface area contributed by atoms with Gasteiger partial charge in [-0.05, 0) is 20.4 Å². The van der Waals surface area contributed by atoms with Gasteiger partial charge < -0.3 is 10.6 Å². The molecule has 0 aliphatic carbocycles. The first-order chi connectivity index (χ1) is 5.76. The molecule has 0 radical (unpaired) electrons. The van der Waals surface area contributed by atoms with E-state index in [1.54, 1.807) is 0 Å². The summed E-state index contributed by atoms with van der Waals surface area (Å²) in [5, 5.41) is 6.67. The Kier molecular flexibility index (Phi) is 7.09. The number of hydrogen-bond donors (Lipinski definition) is 2. The van der Waals surface area contributed by atoms with Crippen molar-refractivity contribution in [1.82, 2.24) is 10.6 Å². The van der Waals surface area contributed by atoms with Gasteiger partial charge in [0, 0.05) is 29.0 Å². The lowest BCUT2D eigenvalue weighted by molar-refractivity contribution is 0.747. The Bertz CT molecular complexity index is 136. The van der Waals surface area contributed by atoms with E-state index in [1.807, 2.05) is 0 Å². The van der Waals surface area contributed by atoms with Crippen molar-refractivity contribution >= 4 is 16.1 Å². The summed E-state index contributed by atoms with van der Waals surface area (Å²) >= 11 is 0. The van der Waals surface area contributed by atoms with Crippen LogP contribution in [0, 0.1) is 0 Å². The molecule has 0 aromatic rings. The van der Waals surface area contributed by atoms with E-state index in [0.29, 0.717) is 5.67 Å². The standard InChI is InChI=1S/C8H21N3Si/c1-4-9-7(10-5-2)8(12)11-6-3/h8,11H,4-6H2,1-3,12H3,(H,9,10). The maximum absolute atomic E-state index is 4.41. The van der Waals surface area contributed by atoms with Gasteiger partial charge in [0.1, 0.15) is 5.84 Å². The van der Waals surface area contributed by atoms with Crippen LogP contribution in [0.4, 0.5) is 0 Å². The molecule has 0 saturated heterocycles. The zero-order chi connectivity index (χ0) is 9.40. The second-order valence-corrected chi connectivity index (χ2v) is 3.82. The molecule has 0 saturated carbocycles. The second kappa shape index (κ2) is 7.30. The lowest BCUT2D eigenvalue weighted by Crippen LogP contribution is -2.44. The van der Waals surface area contributed by atoms with Crippen molar-refractivity contribution < 1.29 is 0 Å². The molecule has 0 fully saturated rings. The van der Waals surface area contributed by atoms with Crippen LogP contribution in [0.1, 0.15) is 20.8 Å². The number of aliphatic imine (C=N–C) groups is 1. The zero-order valence-corrected chi connectivity index (χ0v) is 10.6. The highest BCUT2D eigenvalue weighted by Crippen LogP contribution is 1.82. The van der Waals surface area contributed by atoms with E-state index in [-0.39, 0.29) is 0 Å². The Morgan fingerprint density at radius 1 is 1.33 bits per heavy atom. The molecule has 0 heterocycles. The van der Waals surface area contributed by atoms with Crippen molar-refractivity contribution in [2.24, 2.45) is 4.99 Å². The quantitative estimate of drug-likeness (QED) is 0.340. The Labute approximate surface area is 78.5 Å². The van der Waals surface area contributed by atoms with Crippen molar-refractivity contribution in [3.05, 3.63) is 0 Å². The van der Waals surface area contributed by atoms with E-state index < -0.39 is 0 Å². The third-order valence-electron chi connectivity index (χ3n) is 1.61. The fourth-order valence-electron chi connectivity index (χ4n) is 1.10. The molecule has 0 aliphatic rings. The molecule has 72 valence electrons. The number of nitrogens with zero attached hydrogens (tertiary/aromatic N) is 1. The van der Waals surface area contributed by atoms with Crippen LogP contribution in [-0.2, 0) is 0 Å². The predicted molar refractivity (Wildman–Crippen MR) is 59.1 cm³/mol. The van der Waals surface area contributed by atoms with Gasteiger partial charge in [-0.3, -0.25) is 4.99 Å². The molecule has 1 atom stereocenters. The van der Waals surface area contributed by atoms with Gasteiger partial charge in [0.15, 0.2) is 0 Å². The van der Waals surface area contributed by atoms with Gasteiger partial charge in [0.2, 0.25) is 0 Å². The van der Waals surface area contributed by atoms with Crippen molar-refractivity contribution in [1.29, 1.82) is 0 Å². The first-order valence-corrected chi connectivity index (χ1v) is 5.93. The average molecular weight is 187 g/mol. The summed E-state index contributed by atoms with van der Waals surface area (Å²) in [4.78, 5) is 4.41. The SMILES string of the molecule is CCN=C(NCC)C([SiH3])NCC. The third-order valence-corrected chi connectivity index (χ3v) is 2.56. The topological polar surface area (TPSA) is 36.4 Å². The molecule has 12 heavy (non-hydrogen) atoms. The molecule has 0 aromatic heterocycles. The van der Waals surface area contributed by atoms with Crippen LogP contribution in [0.3, 0.4) is 0 Å². The fourth-order valence-corrected chi connectivity index (χ4v) is 1.90. The van der Waals surface area contributed by atoms with Crippen molar-refractivity contribution in [3.63, 3.8) is 0 Å². The largest absolute Gasteiger partial charge is 0.373 e. The molecule has 1 unspecified atom stereocenters. The summed E-state index contributed by atoms with van der Waals surface area (Å²) in [5.41, 5.74) is 0.481. The van der Waals surface area contributed by atoms with Crippen LogP contribution in [0.5, 0.6) is 0 Å². The van der Waals surface area contributed by atoms with E-state index in [9.17, 15) is 0 Å². The number of hydrogen-bond acceptors (Lipinski definition) is 2. The van der Waals surface area contributed by atoms with Crippen molar-refractivity contribution in [2.45, 2.75) is 26.4 Å². The zero-order valence-electron chi connectivity index (χ0n) is 8.65. The Hall–Kier alpha value is -0.353. The minimum absolute atomic E-state index is 0.481. The summed E-state index contributed by atoms with van der Waals surface area (Å²) in [6.45, 7) is 9.14. The van der Waals surface area contributed by atoms with Gasteiger partial charge in [-0.2, -0.15) is 0 Å². The Morgan fingerprint density at radius 3 is 2.42 bits per heavy atom. The normalized spacial score (nSPS) is 14.8. The molecule has 0 amide bonds. The molecule has 0 bridgehead atoms. The van der Waals surface area contributed by atoms with Gasteiger partial charge in [0.25, 0.3) is 0 Å². The maximum Gasteiger partial charge on any atom is 0.109 e. The minimum atomic E-state index is 0.481. The second-order valence-electron chi connectivity index (χ2n) is 2.67. The highest BCUT2D eigenvalue weighted by atomic mass is 28.1. The van der Waals surface area contributed by atoms with Gasteiger partial charge in [-0.1, -0.05) is 6.92 Å². The fraction of sp³-hybridized carbons (Fsp3) is 0.875. The van der Waals surface area contributed by atoms with Crippen LogP contribution in [-0.4, -0.2) is 41.4 Å². The molecule has 0 rings (SSSR count). The average Bonchev–Trinajstić information content (AvgIpc) is 2.04. The van der Waals surface area contributed by atoms with Gasteiger partial charge in [-0.15, -0.1) is 0 Å². The predicted octanol–water partition coefficient (Wildman–Crippen LogP) is -0.685. The lowest BCUT2D eigenvalue weighted by atomic mass is 10.5. The van der Waals surface area contributed by atoms with Crippen LogP contribution < -0.4 is 10.6 Å². The van der Waals surface area contributed by atoms with Crippen LogP contribution >= 0.6 is 0 Å². The minimum Gasteiger partial charge on any atom is -0.373 e. The molecule has 0 aromatic carbocycles. The summed E-state index contributed by atoms with van der Waals surface area (Å²) in [6, 6.07) is 0. The lowest BCUT2D eigenvalue weighted by Gasteiger charge is -2.16.